The molecule has 0 atom stereocenters. The standard InChI is InChI=1S/C24H38N4O/c1-19(2)15-24(11-4-5-12-24)18-27-23(25-3)26-16-20-8-6-9-21(14-20)17-28-13-7-10-22(28)29/h6,8-9,14,19H,4-5,7,10-13,15-18H2,1-3H3,(H2,25,26,27). The van der Waals surface area contributed by atoms with E-state index in [0.717, 1.165) is 44.5 Å². The molecule has 1 heterocycles. The smallest absolute Gasteiger partial charge is 0.222 e. The summed E-state index contributed by atoms with van der Waals surface area (Å²) in [7, 11) is 1.84. The molecule has 1 saturated carbocycles. The van der Waals surface area contributed by atoms with Gasteiger partial charge in [0.2, 0.25) is 5.91 Å². The molecule has 2 fully saturated rings. The van der Waals surface area contributed by atoms with Crippen molar-refractivity contribution in [2.75, 3.05) is 20.1 Å². The van der Waals surface area contributed by atoms with Gasteiger partial charge in [-0.2, -0.15) is 0 Å². The van der Waals surface area contributed by atoms with Crippen molar-refractivity contribution >= 4 is 11.9 Å². The number of rotatable bonds is 8. The summed E-state index contributed by atoms with van der Waals surface area (Å²) in [6.45, 7) is 8.00. The van der Waals surface area contributed by atoms with Crippen molar-refractivity contribution in [3.63, 3.8) is 0 Å². The Bertz CT molecular complexity index is 707. The number of amides is 1. The molecule has 0 unspecified atom stereocenters. The van der Waals surface area contributed by atoms with Crippen LogP contribution in [-0.2, 0) is 17.9 Å². The summed E-state index contributed by atoms with van der Waals surface area (Å²) >= 11 is 0. The van der Waals surface area contributed by atoms with E-state index in [2.05, 4.69) is 53.7 Å². The molecule has 0 aromatic heterocycles. The van der Waals surface area contributed by atoms with Crippen LogP contribution in [-0.4, -0.2) is 36.9 Å². The molecule has 1 aliphatic carbocycles. The number of carbonyl (C=O) groups is 1. The summed E-state index contributed by atoms with van der Waals surface area (Å²) < 4.78 is 0. The van der Waals surface area contributed by atoms with Crippen LogP contribution in [0.25, 0.3) is 0 Å². The highest BCUT2D eigenvalue weighted by molar-refractivity contribution is 5.79. The van der Waals surface area contributed by atoms with Gasteiger partial charge < -0.3 is 15.5 Å². The Kier molecular flexibility index (Phi) is 7.57. The molecule has 1 saturated heterocycles. The number of nitrogens with one attached hydrogen (secondary N) is 2. The molecule has 0 spiro atoms. The summed E-state index contributed by atoms with van der Waals surface area (Å²) in [5, 5.41) is 7.06. The van der Waals surface area contributed by atoms with E-state index < -0.39 is 0 Å². The fourth-order valence-corrected chi connectivity index (χ4v) is 5.05. The van der Waals surface area contributed by atoms with E-state index in [1.54, 1.807) is 0 Å². The number of guanidine groups is 1. The molecule has 1 aromatic carbocycles. The fraction of sp³-hybridized carbons (Fsp3) is 0.667. The number of carbonyl (C=O) groups excluding carboxylic acids is 1. The molecule has 2 N–H and O–H groups in total. The van der Waals surface area contributed by atoms with Gasteiger partial charge in [0.25, 0.3) is 0 Å². The van der Waals surface area contributed by atoms with Crippen molar-refractivity contribution in [3.05, 3.63) is 35.4 Å². The molecule has 160 valence electrons. The monoisotopic (exact) mass is 398 g/mol. The summed E-state index contributed by atoms with van der Waals surface area (Å²) in [5.41, 5.74) is 2.84. The molecular weight excluding hydrogens is 360 g/mol. The summed E-state index contributed by atoms with van der Waals surface area (Å²) in [6, 6.07) is 8.52. The lowest BCUT2D eigenvalue weighted by Gasteiger charge is -2.32. The number of likely N-dealkylation sites (tertiary alicyclic amines) is 1. The van der Waals surface area contributed by atoms with E-state index in [1.165, 1.54) is 43.2 Å². The number of hydrogen-bond donors (Lipinski definition) is 2. The van der Waals surface area contributed by atoms with Crippen molar-refractivity contribution in [1.82, 2.24) is 15.5 Å². The second kappa shape index (κ2) is 10.1. The lowest BCUT2D eigenvalue weighted by Crippen LogP contribution is -2.43. The van der Waals surface area contributed by atoms with Crippen LogP contribution in [0.5, 0.6) is 0 Å². The van der Waals surface area contributed by atoms with Gasteiger partial charge in [0.1, 0.15) is 0 Å². The molecule has 1 aliphatic heterocycles. The van der Waals surface area contributed by atoms with E-state index in [0.29, 0.717) is 11.8 Å². The predicted molar refractivity (Wildman–Crippen MR) is 120 cm³/mol. The summed E-state index contributed by atoms with van der Waals surface area (Å²) in [5.74, 6) is 1.88. The van der Waals surface area contributed by atoms with Crippen LogP contribution in [0.3, 0.4) is 0 Å². The third-order valence-electron chi connectivity index (χ3n) is 6.36. The topological polar surface area (TPSA) is 56.7 Å². The highest BCUT2D eigenvalue weighted by Gasteiger charge is 2.34. The van der Waals surface area contributed by atoms with E-state index >= 15 is 0 Å². The fourth-order valence-electron chi connectivity index (χ4n) is 5.05. The Morgan fingerprint density at radius 2 is 1.93 bits per heavy atom. The minimum Gasteiger partial charge on any atom is -0.356 e. The van der Waals surface area contributed by atoms with E-state index in [9.17, 15) is 4.79 Å². The van der Waals surface area contributed by atoms with Gasteiger partial charge in [0.15, 0.2) is 5.96 Å². The number of aliphatic imine (C=N–C) groups is 1. The molecular formula is C24H38N4O. The van der Waals surface area contributed by atoms with E-state index in [-0.39, 0.29) is 5.91 Å². The van der Waals surface area contributed by atoms with Gasteiger partial charge in [0, 0.05) is 39.6 Å². The first-order valence-corrected chi connectivity index (χ1v) is 11.3. The number of hydrogen-bond acceptors (Lipinski definition) is 2. The maximum absolute atomic E-state index is 11.9. The minimum absolute atomic E-state index is 0.278. The highest BCUT2D eigenvalue weighted by atomic mass is 16.2. The molecule has 5 heteroatoms. The first-order chi connectivity index (χ1) is 14.0. The maximum atomic E-state index is 11.9. The Balaban J connectivity index is 1.51. The molecule has 0 radical (unpaired) electrons. The lowest BCUT2D eigenvalue weighted by molar-refractivity contribution is -0.128. The van der Waals surface area contributed by atoms with Gasteiger partial charge in [-0.1, -0.05) is 51.0 Å². The van der Waals surface area contributed by atoms with Crippen LogP contribution >= 0.6 is 0 Å². The minimum atomic E-state index is 0.278. The van der Waals surface area contributed by atoms with Crippen molar-refractivity contribution < 1.29 is 4.79 Å². The first kappa shape index (κ1) is 21.7. The van der Waals surface area contributed by atoms with Crippen LogP contribution in [0.1, 0.15) is 69.9 Å². The van der Waals surface area contributed by atoms with Gasteiger partial charge in [-0.25, -0.2) is 0 Å². The SMILES string of the molecule is CN=C(NCc1cccc(CN2CCCC2=O)c1)NCC1(CC(C)C)CCCC1. The van der Waals surface area contributed by atoms with E-state index in [1.807, 2.05) is 11.9 Å². The Morgan fingerprint density at radius 3 is 2.59 bits per heavy atom. The predicted octanol–water partition coefficient (Wildman–Crippen LogP) is 4.08. The Hall–Kier alpha value is -2.04. The zero-order valence-corrected chi connectivity index (χ0v) is 18.5. The van der Waals surface area contributed by atoms with Gasteiger partial charge in [-0.05, 0) is 48.1 Å². The Labute approximate surface area is 176 Å². The van der Waals surface area contributed by atoms with Crippen molar-refractivity contribution in [2.24, 2.45) is 16.3 Å². The highest BCUT2D eigenvalue weighted by Crippen LogP contribution is 2.42. The third kappa shape index (κ3) is 6.22. The molecule has 1 aromatic rings. The molecule has 29 heavy (non-hydrogen) atoms. The zero-order chi connectivity index (χ0) is 20.7. The van der Waals surface area contributed by atoms with Crippen molar-refractivity contribution in [3.8, 4) is 0 Å². The number of benzene rings is 1. The molecule has 0 bridgehead atoms. The van der Waals surface area contributed by atoms with Gasteiger partial charge in [0.05, 0.1) is 0 Å². The van der Waals surface area contributed by atoms with Crippen LogP contribution in [0.2, 0.25) is 0 Å². The van der Waals surface area contributed by atoms with Crippen LogP contribution in [0.15, 0.2) is 29.3 Å². The van der Waals surface area contributed by atoms with Crippen LogP contribution < -0.4 is 10.6 Å². The Morgan fingerprint density at radius 1 is 1.17 bits per heavy atom. The normalized spacial score (nSPS) is 19.2. The van der Waals surface area contributed by atoms with Crippen molar-refractivity contribution in [2.45, 2.75) is 71.9 Å². The second-order valence-electron chi connectivity index (χ2n) is 9.32. The molecule has 5 nitrogen and oxygen atoms in total. The number of nitrogens with zero attached hydrogens (tertiary/aromatic N) is 2. The van der Waals surface area contributed by atoms with E-state index in [4.69, 9.17) is 0 Å². The molecule has 3 rings (SSSR count). The molecule has 2 aliphatic rings. The summed E-state index contributed by atoms with van der Waals surface area (Å²) in [4.78, 5) is 18.3. The van der Waals surface area contributed by atoms with Gasteiger partial charge in [-0.3, -0.25) is 9.79 Å². The van der Waals surface area contributed by atoms with Crippen LogP contribution in [0, 0.1) is 11.3 Å². The third-order valence-corrected chi connectivity index (χ3v) is 6.36. The average Bonchev–Trinajstić information content (AvgIpc) is 3.31. The zero-order valence-electron chi connectivity index (χ0n) is 18.5. The summed E-state index contributed by atoms with van der Waals surface area (Å²) in [6.07, 6.45) is 8.33. The molecule has 1 amide bonds. The quantitative estimate of drug-likeness (QED) is 0.512. The van der Waals surface area contributed by atoms with Crippen molar-refractivity contribution in [1.29, 1.82) is 0 Å². The largest absolute Gasteiger partial charge is 0.356 e. The van der Waals surface area contributed by atoms with Crippen LogP contribution in [0.4, 0.5) is 0 Å². The van der Waals surface area contributed by atoms with Gasteiger partial charge >= 0.3 is 0 Å². The van der Waals surface area contributed by atoms with Gasteiger partial charge in [-0.15, -0.1) is 0 Å². The average molecular weight is 399 g/mol. The maximum Gasteiger partial charge on any atom is 0.222 e. The lowest BCUT2D eigenvalue weighted by atomic mass is 9.78. The first-order valence-electron chi connectivity index (χ1n) is 11.3. The second-order valence-corrected chi connectivity index (χ2v) is 9.32.